The smallest absolute Gasteiger partial charge is 0.220 e. The highest BCUT2D eigenvalue weighted by Gasteiger charge is 2.31. The lowest BCUT2D eigenvalue weighted by molar-refractivity contribution is 1.04. The van der Waals surface area contributed by atoms with E-state index in [9.17, 15) is 0 Å². The highest BCUT2D eigenvalue weighted by molar-refractivity contribution is 5.95. The Morgan fingerprint density at radius 2 is 1.06 bits per heavy atom. The second-order valence-corrected chi connectivity index (χ2v) is 11.4. The molecule has 8 nitrogen and oxygen atoms in total. The van der Waals surface area contributed by atoms with Gasteiger partial charge in [-0.25, -0.2) is 19.9 Å². The van der Waals surface area contributed by atoms with Crippen molar-refractivity contribution >= 4 is 28.4 Å². The van der Waals surface area contributed by atoms with Crippen molar-refractivity contribution in [2.75, 3.05) is 4.90 Å². The molecule has 1 aliphatic heterocycles. The first-order chi connectivity index (χ1) is 23.2. The molecule has 0 fully saturated rings. The van der Waals surface area contributed by atoms with Gasteiger partial charge in [0.2, 0.25) is 5.95 Å². The molecule has 0 unspecified atom stereocenters. The van der Waals surface area contributed by atoms with Crippen molar-refractivity contribution in [3.05, 3.63) is 145 Å². The molecular weight excluding hydrogens is 580 g/mol. The fraction of sp³-hybridized carbons (Fsp3) is 0.0256. The van der Waals surface area contributed by atoms with E-state index in [0.29, 0.717) is 17.5 Å². The van der Waals surface area contributed by atoms with Gasteiger partial charge < -0.3 is 0 Å². The second-order valence-electron chi connectivity index (χ2n) is 11.4. The topological polar surface area (TPSA) is 85.5 Å². The Bertz CT molecular complexity index is 2380. The summed E-state index contributed by atoms with van der Waals surface area (Å²) < 4.78 is 2.18. The number of nitrogens with zero attached hydrogens (tertiary/aromatic N) is 8. The molecule has 0 saturated heterocycles. The van der Waals surface area contributed by atoms with Crippen molar-refractivity contribution in [2.24, 2.45) is 0 Å². The van der Waals surface area contributed by atoms with Crippen molar-refractivity contribution in [2.45, 2.75) is 6.92 Å². The summed E-state index contributed by atoms with van der Waals surface area (Å²) in [6, 6.07) is 42.6. The number of pyridine rings is 2. The van der Waals surface area contributed by atoms with Crippen LogP contribution < -0.4 is 4.90 Å². The number of benzene rings is 4. The van der Waals surface area contributed by atoms with E-state index in [-0.39, 0.29) is 0 Å². The maximum absolute atomic E-state index is 5.27. The van der Waals surface area contributed by atoms with E-state index in [1.54, 1.807) is 0 Å². The standard InChI is InChI=1S/C39H26N8/c1-25-12-8-19-30-33(25)42-39-46(31-20-10-22-40-34(31)35-32(47(30)39)21-11-23-41-35)29-18-9-17-28(24-29)38-44-36(26-13-4-2-5-14-26)43-37(45-38)27-15-6-3-7-16-27/h2-24H,1H3. The fourth-order valence-electron chi connectivity index (χ4n) is 6.22. The normalized spacial score (nSPS) is 11.9. The lowest BCUT2D eigenvalue weighted by atomic mass is 10.1. The Labute approximate surface area is 270 Å². The van der Waals surface area contributed by atoms with Gasteiger partial charge in [-0.05, 0) is 55.0 Å². The average molecular weight is 607 g/mol. The van der Waals surface area contributed by atoms with E-state index in [2.05, 4.69) is 58.9 Å². The molecule has 0 atom stereocenters. The molecule has 0 radical (unpaired) electrons. The molecular formula is C39H26N8. The number of anilines is 3. The Balaban J connectivity index is 1.28. The zero-order valence-corrected chi connectivity index (χ0v) is 25.4. The van der Waals surface area contributed by atoms with Crippen molar-refractivity contribution in [1.29, 1.82) is 0 Å². The van der Waals surface area contributed by atoms with Crippen LogP contribution in [0.5, 0.6) is 0 Å². The number of para-hydroxylation sites is 1. The summed E-state index contributed by atoms with van der Waals surface area (Å²) in [6.07, 6.45) is 3.62. The molecule has 0 bridgehead atoms. The third kappa shape index (κ3) is 4.46. The number of aromatic nitrogens is 7. The third-order valence-electron chi connectivity index (χ3n) is 8.41. The Morgan fingerprint density at radius 3 is 1.74 bits per heavy atom. The summed E-state index contributed by atoms with van der Waals surface area (Å²) in [5.74, 6) is 2.55. The van der Waals surface area contributed by atoms with E-state index in [1.165, 1.54) is 0 Å². The molecule has 4 aromatic heterocycles. The molecule has 8 heteroatoms. The summed E-state index contributed by atoms with van der Waals surface area (Å²) >= 11 is 0. The van der Waals surface area contributed by atoms with Gasteiger partial charge in [0.25, 0.3) is 0 Å². The first-order valence-corrected chi connectivity index (χ1v) is 15.4. The zero-order chi connectivity index (χ0) is 31.3. The monoisotopic (exact) mass is 606 g/mol. The molecule has 0 amide bonds. The highest BCUT2D eigenvalue weighted by Crippen LogP contribution is 2.46. The minimum atomic E-state index is 0.579. The van der Waals surface area contributed by atoms with Crippen LogP contribution in [-0.4, -0.2) is 34.5 Å². The van der Waals surface area contributed by atoms with Crippen molar-refractivity contribution < 1.29 is 0 Å². The quantitative estimate of drug-likeness (QED) is 0.198. The maximum atomic E-state index is 5.27. The number of hydrogen-bond acceptors (Lipinski definition) is 7. The first kappa shape index (κ1) is 26.8. The first-order valence-electron chi connectivity index (χ1n) is 15.4. The van der Waals surface area contributed by atoms with Crippen LogP contribution in [-0.2, 0) is 0 Å². The van der Waals surface area contributed by atoms with Crippen LogP contribution in [0.3, 0.4) is 0 Å². The van der Waals surface area contributed by atoms with Gasteiger partial charge in [0.15, 0.2) is 17.5 Å². The predicted octanol–water partition coefficient (Wildman–Crippen LogP) is 8.76. The molecule has 0 N–H and O–H groups in total. The SMILES string of the molecule is Cc1cccc2c1nc1n2-c2cccnc2-c2ncccc2N1c1cccc(-c2nc(-c3ccccc3)nc(-c3ccccc3)n2)c1. The van der Waals surface area contributed by atoms with Gasteiger partial charge in [-0.2, -0.15) is 0 Å². The van der Waals surface area contributed by atoms with Crippen LogP contribution in [0, 0.1) is 6.92 Å². The van der Waals surface area contributed by atoms with Crippen LogP contribution >= 0.6 is 0 Å². The largest absolute Gasteiger partial charge is 0.278 e. The number of hydrogen-bond donors (Lipinski definition) is 0. The van der Waals surface area contributed by atoms with Crippen LogP contribution in [0.2, 0.25) is 0 Å². The highest BCUT2D eigenvalue weighted by atomic mass is 15.3. The summed E-state index contributed by atoms with van der Waals surface area (Å²) in [5, 5.41) is 0. The second kappa shape index (κ2) is 10.8. The van der Waals surface area contributed by atoms with Gasteiger partial charge >= 0.3 is 0 Å². The Morgan fingerprint density at radius 1 is 0.489 bits per heavy atom. The summed E-state index contributed by atoms with van der Waals surface area (Å²) in [7, 11) is 0. The summed E-state index contributed by atoms with van der Waals surface area (Å²) in [5.41, 5.74) is 9.99. The number of fused-ring (bicyclic) bond motifs is 7. The van der Waals surface area contributed by atoms with Gasteiger partial charge in [-0.15, -0.1) is 0 Å². The Hall–Kier alpha value is -6.54. The molecule has 47 heavy (non-hydrogen) atoms. The van der Waals surface area contributed by atoms with Crippen molar-refractivity contribution in [3.8, 4) is 51.2 Å². The number of imidazole rings is 1. The van der Waals surface area contributed by atoms with Crippen LogP contribution in [0.15, 0.2) is 140 Å². The molecule has 8 aromatic rings. The molecule has 4 aromatic carbocycles. The van der Waals surface area contributed by atoms with E-state index in [0.717, 1.165) is 67.7 Å². The van der Waals surface area contributed by atoms with E-state index >= 15 is 0 Å². The third-order valence-corrected chi connectivity index (χ3v) is 8.41. The molecule has 9 rings (SSSR count). The summed E-state index contributed by atoms with van der Waals surface area (Å²) in [6.45, 7) is 2.09. The Kier molecular flexibility index (Phi) is 6.17. The lowest BCUT2D eigenvalue weighted by Gasteiger charge is -2.24. The van der Waals surface area contributed by atoms with Gasteiger partial charge in [-0.1, -0.05) is 84.9 Å². The molecule has 0 aliphatic carbocycles. The van der Waals surface area contributed by atoms with E-state index in [1.807, 2.05) is 97.3 Å². The van der Waals surface area contributed by atoms with Crippen LogP contribution in [0.1, 0.15) is 5.56 Å². The molecule has 0 spiro atoms. The van der Waals surface area contributed by atoms with E-state index in [4.69, 9.17) is 29.9 Å². The minimum absolute atomic E-state index is 0.579. The van der Waals surface area contributed by atoms with E-state index < -0.39 is 0 Å². The van der Waals surface area contributed by atoms with Crippen LogP contribution in [0.25, 0.3) is 62.3 Å². The fourth-order valence-corrected chi connectivity index (χ4v) is 6.22. The van der Waals surface area contributed by atoms with Crippen LogP contribution in [0.4, 0.5) is 17.3 Å². The molecule has 1 aliphatic rings. The maximum Gasteiger partial charge on any atom is 0.220 e. The molecule has 0 saturated carbocycles. The minimum Gasteiger partial charge on any atom is -0.278 e. The molecule has 222 valence electrons. The average Bonchev–Trinajstić information content (AvgIpc) is 3.47. The van der Waals surface area contributed by atoms with Gasteiger partial charge in [0, 0.05) is 34.8 Å². The van der Waals surface area contributed by atoms with Crippen molar-refractivity contribution in [3.63, 3.8) is 0 Å². The number of rotatable bonds is 4. The van der Waals surface area contributed by atoms with Gasteiger partial charge in [0.1, 0.15) is 11.4 Å². The number of aryl methyl sites for hydroxylation is 1. The summed E-state index contributed by atoms with van der Waals surface area (Å²) in [4.78, 5) is 32.0. The van der Waals surface area contributed by atoms with Gasteiger partial charge in [-0.3, -0.25) is 19.4 Å². The van der Waals surface area contributed by atoms with Crippen molar-refractivity contribution in [1.82, 2.24) is 34.5 Å². The zero-order valence-electron chi connectivity index (χ0n) is 25.4. The van der Waals surface area contributed by atoms with Gasteiger partial charge in [0.05, 0.1) is 22.4 Å². The molecule has 5 heterocycles. The predicted molar refractivity (Wildman–Crippen MR) is 185 cm³/mol. The lowest BCUT2D eigenvalue weighted by Crippen LogP contribution is -2.14.